The Hall–Kier alpha value is -3.96. The van der Waals surface area contributed by atoms with E-state index < -0.39 is 23.7 Å². The molecule has 40 heavy (non-hydrogen) atoms. The lowest BCUT2D eigenvalue weighted by molar-refractivity contribution is -0.166. The van der Waals surface area contributed by atoms with Crippen molar-refractivity contribution >= 4 is 0 Å². The Morgan fingerprint density at radius 1 is 0.550 bits per heavy atom. The normalized spacial score (nSPS) is 18.2. The Morgan fingerprint density at radius 3 is 1.10 bits per heavy atom. The highest BCUT2D eigenvalue weighted by Gasteiger charge is 2.65. The second kappa shape index (κ2) is 9.90. The highest BCUT2D eigenvalue weighted by Crippen LogP contribution is 2.53. The third-order valence-electron chi connectivity index (χ3n) is 6.98. The number of ether oxygens (including phenoxy) is 2. The minimum atomic E-state index is -4.56. The highest BCUT2D eigenvalue weighted by atomic mass is 19.4. The molecule has 2 aliphatic heterocycles. The van der Waals surface area contributed by atoms with Gasteiger partial charge in [0.05, 0.1) is 13.2 Å². The molecule has 2 atom stereocenters. The molecule has 0 radical (unpaired) electrons. The van der Waals surface area contributed by atoms with Crippen LogP contribution >= 0.6 is 0 Å². The summed E-state index contributed by atoms with van der Waals surface area (Å²) >= 11 is 0. The molecule has 6 nitrogen and oxygen atoms in total. The lowest BCUT2D eigenvalue weighted by Crippen LogP contribution is -2.30. The first kappa shape index (κ1) is 27.6. The second-order valence-corrected chi connectivity index (χ2v) is 9.88. The number of benzene rings is 3. The summed E-state index contributed by atoms with van der Waals surface area (Å²) in [5.41, 5.74) is -3.25. The molecular formula is C28H24F6N4O2. The van der Waals surface area contributed by atoms with Crippen LogP contribution in [0.2, 0.25) is 0 Å². The second-order valence-electron chi connectivity index (χ2n) is 9.88. The van der Waals surface area contributed by atoms with Gasteiger partial charge in [0.2, 0.25) is 0 Å². The summed E-state index contributed by atoms with van der Waals surface area (Å²) < 4.78 is 90.7. The molecule has 0 N–H and O–H groups in total. The first-order valence-electron chi connectivity index (χ1n) is 12.4. The van der Waals surface area contributed by atoms with Crippen molar-refractivity contribution in [2.75, 3.05) is 13.2 Å². The van der Waals surface area contributed by atoms with E-state index in [-0.39, 0.29) is 23.0 Å². The number of hydrogen-bond acceptors (Lipinski definition) is 6. The van der Waals surface area contributed by atoms with E-state index in [2.05, 4.69) is 20.5 Å². The predicted octanol–water partition coefficient (Wildman–Crippen LogP) is 8.41. The Morgan fingerprint density at radius 2 is 0.850 bits per heavy atom. The van der Waals surface area contributed by atoms with Crippen LogP contribution in [-0.2, 0) is 11.3 Å². The highest BCUT2D eigenvalue weighted by molar-refractivity contribution is 5.36. The van der Waals surface area contributed by atoms with Crippen LogP contribution in [-0.4, -0.2) is 25.6 Å². The van der Waals surface area contributed by atoms with E-state index in [1.54, 1.807) is 48.5 Å². The van der Waals surface area contributed by atoms with E-state index in [1.165, 1.54) is 24.3 Å². The summed E-state index contributed by atoms with van der Waals surface area (Å²) in [5, 5.41) is 12.9. The van der Waals surface area contributed by atoms with E-state index in [0.29, 0.717) is 24.7 Å². The van der Waals surface area contributed by atoms with Gasteiger partial charge < -0.3 is 9.47 Å². The van der Waals surface area contributed by atoms with Crippen LogP contribution in [0.3, 0.4) is 0 Å². The van der Waals surface area contributed by atoms with Gasteiger partial charge in [-0.3, -0.25) is 0 Å². The summed E-state index contributed by atoms with van der Waals surface area (Å²) in [7, 11) is 0. The zero-order valence-electron chi connectivity index (χ0n) is 21.4. The van der Waals surface area contributed by atoms with Crippen LogP contribution in [0.1, 0.15) is 47.9 Å². The molecule has 3 aromatic carbocycles. The molecule has 0 aliphatic carbocycles. The van der Waals surface area contributed by atoms with E-state index in [1.807, 2.05) is 13.8 Å². The fourth-order valence-electron chi connectivity index (χ4n) is 4.24. The number of alkyl halides is 6. The van der Waals surface area contributed by atoms with E-state index >= 15 is 0 Å². The fraction of sp³-hybridized carbons (Fsp3) is 0.357. The summed E-state index contributed by atoms with van der Waals surface area (Å²) in [5.74, 6) is 1.03. The monoisotopic (exact) mass is 562 g/mol. The molecule has 210 valence electrons. The summed E-state index contributed by atoms with van der Waals surface area (Å²) in [6, 6.07) is 19.0. The van der Waals surface area contributed by atoms with Crippen LogP contribution in [0.5, 0.6) is 11.5 Å². The largest absolute Gasteiger partial charge is 0.493 e. The molecule has 0 saturated carbocycles. The number of hydrogen-bond donors (Lipinski definition) is 0. The first-order chi connectivity index (χ1) is 18.8. The van der Waals surface area contributed by atoms with Crippen LogP contribution in [0.15, 0.2) is 93.3 Å². The van der Waals surface area contributed by atoms with Crippen molar-refractivity contribution in [1.29, 1.82) is 0 Å². The van der Waals surface area contributed by atoms with Gasteiger partial charge in [-0.2, -0.15) is 26.3 Å². The van der Waals surface area contributed by atoms with Gasteiger partial charge in [-0.15, -0.1) is 20.5 Å². The first-order valence-corrected chi connectivity index (χ1v) is 12.4. The summed E-state index contributed by atoms with van der Waals surface area (Å²) in [4.78, 5) is 0. The topological polar surface area (TPSA) is 67.9 Å². The third-order valence-corrected chi connectivity index (χ3v) is 6.98. The lowest BCUT2D eigenvalue weighted by Gasteiger charge is -2.18. The smallest absolute Gasteiger partial charge is 0.442 e. The molecule has 0 saturated heterocycles. The molecule has 2 aliphatic rings. The van der Waals surface area contributed by atoms with Crippen LogP contribution < -0.4 is 9.47 Å². The summed E-state index contributed by atoms with van der Waals surface area (Å²) in [6.45, 7) is 4.43. The zero-order valence-corrected chi connectivity index (χ0v) is 21.4. The Bertz CT molecular complexity index is 1280. The van der Waals surface area contributed by atoms with Crippen molar-refractivity contribution in [2.45, 2.75) is 49.4 Å². The minimum absolute atomic E-state index is 0.0150. The molecule has 0 spiro atoms. The molecule has 12 heteroatoms. The van der Waals surface area contributed by atoms with Crippen molar-refractivity contribution in [1.82, 2.24) is 0 Å². The molecule has 2 heterocycles. The van der Waals surface area contributed by atoms with Gasteiger partial charge in [0.1, 0.15) is 11.5 Å². The van der Waals surface area contributed by atoms with Crippen LogP contribution in [0, 0.1) is 0 Å². The van der Waals surface area contributed by atoms with Gasteiger partial charge in [-0.1, -0.05) is 62.4 Å². The molecule has 2 unspecified atom stereocenters. The third kappa shape index (κ3) is 5.26. The predicted molar refractivity (Wildman–Crippen MR) is 132 cm³/mol. The fourth-order valence-corrected chi connectivity index (χ4v) is 4.24. The zero-order chi connectivity index (χ0) is 28.8. The van der Waals surface area contributed by atoms with Gasteiger partial charge >= 0.3 is 23.7 Å². The van der Waals surface area contributed by atoms with Crippen molar-refractivity contribution in [3.63, 3.8) is 0 Å². The van der Waals surface area contributed by atoms with Crippen molar-refractivity contribution in [3.05, 3.63) is 95.1 Å². The van der Waals surface area contributed by atoms with Crippen molar-refractivity contribution in [3.8, 4) is 11.5 Å². The summed E-state index contributed by atoms with van der Waals surface area (Å²) in [6.07, 6.45) is -9.12. The Balaban J connectivity index is 1.09. The van der Waals surface area contributed by atoms with Gasteiger partial charge in [-0.05, 0) is 35.4 Å². The average molecular weight is 563 g/mol. The molecule has 3 aromatic rings. The maximum Gasteiger partial charge on any atom is 0.442 e. The van der Waals surface area contributed by atoms with E-state index in [4.69, 9.17) is 9.47 Å². The van der Waals surface area contributed by atoms with Gasteiger partial charge in [-0.25, -0.2) is 0 Å². The van der Waals surface area contributed by atoms with E-state index in [9.17, 15) is 26.3 Å². The maximum atomic E-state index is 13.2. The average Bonchev–Trinajstić information content (AvgIpc) is 3.84. The van der Waals surface area contributed by atoms with Gasteiger partial charge in [0.25, 0.3) is 0 Å². The maximum absolute atomic E-state index is 13.2. The Kier molecular flexibility index (Phi) is 6.83. The number of halogens is 6. The van der Waals surface area contributed by atoms with Crippen molar-refractivity contribution in [2.24, 2.45) is 20.5 Å². The molecule has 0 fully saturated rings. The lowest BCUT2D eigenvalue weighted by atomic mass is 9.96. The standard InChI is InChI=1S/C28H24F6N4O2/c1-17(19-3-7-21(8-4-19)25(35-36-25)27(29,30)31)15-39-23-11-13-24(14-12-23)40-16-18(2)20-5-9-22(10-6-20)26(37-38-26)28(32,33)34/h3-14,17-18H,15-16H2,1-2H3. The van der Waals surface area contributed by atoms with Crippen LogP contribution in [0.25, 0.3) is 0 Å². The quantitative estimate of drug-likeness (QED) is 0.233. The Labute approximate surface area is 225 Å². The molecule has 5 rings (SSSR count). The van der Waals surface area contributed by atoms with Crippen molar-refractivity contribution < 1.29 is 35.8 Å². The molecule has 0 bridgehead atoms. The molecule has 0 aromatic heterocycles. The molecule has 0 amide bonds. The number of rotatable bonds is 10. The molecular weight excluding hydrogens is 538 g/mol. The SMILES string of the molecule is CC(COc1ccc(OCC(C)c2ccc(C3(C(F)(F)F)N=N3)cc2)cc1)c1ccc(C2(C(F)(F)F)N=N2)cc1. The van der Waals surface area contributed by atoms with E-state index in [0.717, 1.165) is 11.1 Å². The van der Waals surface area contributed by atoms with Gasteiger partial charge in [0.15, 0.2) is 0 Å². The number of nitrogens with zero attached hydrogens (tertiary/aromatic N) is 4. The van der Waals surface area contributed by atoms with Gasteiger partial charge in [0, 0.05) is 23.0 Å². The van der Waals surface area contributed by atoms with Crippen LogP contribution in [0.4, 0.5) is 26.3 Å². The minimum Gasteiger partial charge on any atom is -0.493 e.